The quantitative estimate of drug-likeness (QED) is 0.899. The Morgan fingerprint density at radius 3 is 2.61 bits per heavy atom. The van der Waals surface area contributed by atoms with E-state index in [4.69, 9.17) is 4.74 Å². The van der Waals surface area contributed by atoms with Gasteiger partial charge < -0.3 is 9.84 Å². The molecule has 0 aliphatic heterocycles. The molecule has 4 heteroatoms. The zero-order valence-electron chi connectivity index (χ0n) is 10.7. The number of nitrogens with zero attached hydrogens (tertiary/aromatic N) is 2. The van der Waals surface area contributed by atoms with Gasteiger partial charge in [0, 0.05) is 17.5 Å². The summed E-state index contributed by atoms with van der Waals surface area (Å²) in [6.45, 7) is 3.89. The van der Waals surface area contributed by atoms with Crippen LogP contribution in [0.25, 0.3) is 0 Å². The molecule has 2 aromatic heterocycles. The molecule has 0 aliphatic carbocycles. The third-order valence-corrected chi connectivity index (χ3v) is 2.68. The van der Waals surface area contributed by atoms with Crippen molar-refractivity contribution in [1.29, 1.82) is 0 Å². The Hall–Kier alpha value is -1.94. The topological polar surface area (TPSA) is 55.2 Å². The Balaban J connectivity index is 2.37. The second-order valence-corrected chi connectivity index (χ2v) is 4.27. The van der Waals surface area contributed by atoms with E-state index in [9.17, 15) is 5.11 Å². The lowest BCUT2D eigenvalue weighted by Crippen LogP contribution is -2.04. The molecular weight excluding hydrogens is 228 g/mol. The van der Waals surface area contributed by atoms with Gasteiger partial charge in [-0.2, -0.15) is 0 Å². The summed E-state index contributed by atoms with van der Waals surface area (Å²) in [6, 6.07) is 5.61. The average Bonchev–Trinajstić information content (AvgIpc) is 2.37. The number of aliphatic hydroxyl groups excluding tert-OH is 1. The van der Waals surface area contributed by atoms with Crippen LogP contribution in [0.4, 0.5) is 0 Å². The second-order valence-electron chi connectivity index (χ2n) is 4.27. The molecule has 0 radical (unpaired) electrons. The van der Waals surface area contributed by atoms with Crippen molar-refractivity contribution in [2.75, 3.05) is 7.11 Å². The molecule has 0 bridgehead atoms. The number of aromatic nitrogens is 2. The van der Waals surface area contributed by atoms with Crippen molar-refractivity contribution in [1.82, 2.24) is 9.97 Å². The van der Waals surface area contributed by atoms with E-state index in [1.54, 1.807) is 25.6 Å². The summed E-state index contributed by atoms with van der Waals surface area (Å²) in [7, 11) is 1.57. The highest BCUT2D eigenvalue weighted by Gasteiger charge is 2.14. The minimum Gasteiger partial charge on any atom is -0.495 e. The zero-order valence-corrected chi connectivity index (χ0v) is 10.7. The highest BCUT2D eigenvalue weighted by Crippen LogP contribution is 2.23. The van der Waals surface area contributed by atoms with Gasteiger partial charge in [0.05, 0.1) is 19.0 Å². The number of pyridine rings is 2. The van der Waals surface area contributed by atoms with Crippen LogP contribution in [-0.2, 0) is 0 Å². The number of hydrogen-bond donors (Lipinski definition) is 1. The van der Waals surface area contributed by atoms with Gasteiger partial charge in [0.1, 0.15) is 11.9 Å². The van der Waals surface area contributed by atoms with Crippen LogP contribution in [0.5, 0.6) is 5.75 Å². The molecule has 2 heterocycles. The molecule has 2 aromatic rings. The van der Waals surface area contributed by atoms with Crippen molar-refractivity contribution in [3.63, 3.8) is 0 Å². The van der Waals surface area contributed by atoms with Gasteiger partial charge in [-0.05, 0) is 37.6 Å². The first-order valence-electron chi connectivity index (χ1n) is 5.72. The van der Waals surface area contributed by atoms with Gasteiger partial charge in [-0.1, -0.05) is 0 Å². The van der Waals surface area contributed by atoms with Crippen LogP contribution < -0.4 is 4.74 Å². The SMILES string of the molecule is COc1cncc(C(O)c2cc(C)cc(C)n2)c1. The van der Waals surface area contributed by atoms with Crippen molar-refractivity contribution >= 4 is 0 Å². The van der Waals surface area contributed by atoms with Gasteiger partial charge in [-0.3, -0.25) is 9.97 Å². The molecule has 0 saturated carbocycles. The van der Waals surface area contributed by atoms with E-state index in [1.807, 2.05) is 26.0 Å². The number of hydrogen-bond acceptors (Lipinski definition) is 4. The normalized spacial score (nSPS) is 12.2. The average molecular weight is 244 g/mol. The van der Waals surface area contributed by atoms with Gasteiger partial charge in [0.15, 0.2) is 0 Å². The van der Waals surface area contributed by atoms with E-state index in [1.165, 1.54) is 0 Å². The van der Waals surface area contributed by atoms with Gasteiger partial charge in [-0.15, -0.1) is 0 Å². The van der Waals surface area contributed by atoms with Crippen LogP contribution in [0.3, 0.4) is 0 Å². The summed E-state index contributed by atoms with van der Waals surface area (Å²) in [6.07, 6.45) is 2.43. The van der Waals surface area contributed by atoms with Crippen LogP contribution >= 0.6 is 0 Å². The van der Waals surface area contributed by atoms with Crippen molar-refractivity contribution < 1.29 is 9.84 Å². The van der Waals surface area contributed by atoms with Crippen molar-refractivity contribution in [3.8, 4) is 5.75 Å². The molecule has 0 aromatic carbocycles. The molecule has 1 unspecified atom stereocenters. The standard InChI is InChI=1S/C14H16N2O2/c1-9-4-10(2)16-13(5-9)14(17)11-6-12(18-3)8-15-7-11/h4-8,14,17H,1-3H3. The van der Waals surface area contributed by atoms with Crippen molar-refractivity contribution in [3.05, 3.63) is 53.1 Å². The first-order chi connectivity index (χ1) is 8.60. The molecule has 1 N–H and O–H groups in total. The largest absolute Gasteiger partial charge is 0.495 e. The van der Waals surface area contributed by atoms with Crippen molar-refractivity contribution in [2.45, 2.75) is 20.0 Å². The molecule has 4 nitrogen and oxygen atoms in total. The summed E-state index contributed by atoms with van der Waals surface area (Å²) < 4.78 is 5.09. The molecule has 0 saturated heterocycles. The fourth-order valence-corrected chi connectivity index (χ4v) is 1.88. The highest BCUT2D eigenvalue weighted by molar-refractivity contribution is 5.31. The minimum absolute atomic E-state index is 0.621. The van der Waals surface area contributed by atoms with E-state index >= 15 is 0 Å². The van der Waals surface area contributed by atoms with Gasteiger partial charge >= 0.3 is 0 Å². The maximum atomic E-state index is 10.3. The van der Waals surface area contributed by atoms with E-state index < -0.39 is 6.10 Å². The molecule has 94 valence electrons. The van der Waals surface area contributed by atoms with Crippen molar-refractivity contribution in [2.24, 2.45) is 0 Å². The predicted octanol–water partition coefficient (Wildman–Crippen LogP) is 2.18. The minimum atomic E-state index is -0.786. The number of aliphatic hydroxyl groups is 1. The predicted molar refractivity (Wildman–Crippen MR) is 68.6 cm³/mol. The van der Waals surface area contributed by atoms with Gasteiger partial charge in [0.25, 0.3) is 0 Å². The number of methoxy groups -OCH3 is 1. The summed E-state index contributed by atoms with van der Waals surface area (Å²) in [5, 5.41) is 10.3. The number of ether oxygens (including phenoxy) is 1. The smallest absolute Gasteiger partial charge is 0.137 e. The highest BCUT2D eigenvalue weighted by atomic mass is 16.5. The first kappa shape index (κ1) is 12.5. The summed E-state index contributed by atoms with van der Waals surface area (Å²) in [4.78, 5) is 8.38. The van der Waals surface area contributed by atoms with E-state index in [2.05, 4.69) is 9.97 Å². The van der Waals surface area contributed by atoms with E-state index in [0.717, 1.165) is 11.3 Å². The van der Waals surface area contributed by atoms with Crippen LogP contribution in [0.1, 0.15) is 28.6 Å². The summed E-state index contributed by atoms with van der Waals surface area (Å²) in [5.74, 6) is 0.621. The maximum absolute atomic E-state index is 10.3. The lowest BCUT2D eigenvalue weighted by atomic mass is 10.1. The molecule has 18 heavy (non-hydrogen) atoms. The molecule has 2 rings (SSSR count). The van der Waals surface area contributed by atoms with Crippen LogP contribution in [0.15, 0.2) is 30.6 Å². The third kappa shape index (κ3) is 2.65. The Morgan fingerprint density at radius 2 is 1.94 bits per heavy atom. The number of aryl methyl sites for hydroxylation is 2. The van der Waals surface area contributed by atoms with Crippen LogP contribution in [0, 0.1) is 13.8 Å². The Kier molecular flexibility index (Phi) is 3.58. The summed E-state index contributed by atoms with van der Waals surface area (Å²) in [5.41, 5.74) is 3.27. The maximum Gasteiger partial charge on any atom is 0.137 e. The second kappa shape index (κ2) is 5.14. The monoisotopic (exact) mass is 244 g/mol. The Morgan fingerprint density at radius 1 is 1.17 bits per heavy atom. The lowest BCUT2D eigenvalue weighted by molar-refractivity contribution is 0.214. The molecule has 0 spiro atoms. The van der Waals surface area contributed by atoms with E-state index in [0.29, 0.717) is 17.0 Å². The third-order valence-electron chi connectivity index (χ3n) is 2.68. The molecule has 0 amide bonds. The lowest BCUT2D eigenvalue weighted by Gasteiger charge is -2.12. The van der Waals surface area contributed by atoms with Gasteiger partial charge in [0.2, 0.25) is 0 Å². The fraction of sp³-hybridized carbons (Fsp3) is 0.286. The number of rotatable bonds is 3. The Bertz CT molecular complexity index is 535. The molecule has 0 fully saturated rings. The summed E-state index contributed by atoms with van der Waals surface area (Å²) >= 11 is 0. The zero-order chi connectivity index (χ0) is 13.1. The molecular formula is C14H16N2O2. The fourth-order valence-electron chi connectivity index (χ4n) is 1.88. The molecule has 1 atom stereocenters. The van der Waals surface area contributed by atoms with E-state index in [-0.39, 0.29) is 0 Å². The Labute approximate surface area is 106 Å². The first-order valence-corrected chi connectivity index (χ1v) is 5.72. The van der Waals surface area contributed by atoms with Crippen LogP contribution in [0.2, 0.25) is 0 Å². The van der Waals surface area contributed by atoms with Crippen LogP contribution in [-0.4, -0.2) is 22.2 Å². The molecule has 0 aliphatic rings. The van der Waals surface area contributed by atoms with Gasteiger partial charge in [-0.25, -0.2) is 0 Å².